The summed E-state index contributed by atoms with van der Waals surface area (Å²) in [5, 5.41) is 0.583. The molecule has 0 saturated heterocycles. The van der Waals surface area contributed by atoms with E-state index in [1.54, 1.807) is 0 Å². The summed E-state index contributed by atoms with van der Waals surface area (Å²) in [5.74, 6) is -0.424. The zero-order chi connectivity index (χ0) is 12.5. The first-order valence-electron chi connectivity index (χ1n) is 5.07. The quantitative estimate of drug-likeness (QED) is 0.689. The van der Waals surface area contributed by atoms with Crippen LogP contribution in [0.3, 0.4) is 0 Å². The predicted octanol–water partition coefficient (Wildman–Crippen LogP) is 4.64. The van der Waals surface area contributed by atoms with Crippen LogP contribution in [0, 0.1) is 5.82 Å². The van der Waals surface area contributed by atoms with Gasteiger partial charge in [-0.15, -0.1) is 11.3 Å². The van der Waals surface area contributed by atoms with Gasteiger partial charge in [0.25, 0.3) is 0 Å². The normalized spacial score (nSPS) is 11.0. The Labute approximate surface area is 116 Å². The SMILES string of the molecule is Fc1cc(Cl)cnc1Sc1nc2ccccc2s1. The van der Waals surface area contributed by atoms with E-state index in [4.69, 9.17) is 11.6 Å². The van der Waals surface area contributed by atoms with Crippen LogP contribution in [-0.4, -0.2) is 9.97 Å². The number of halogens is 2. The third-order valence-corrected chi connectivity index (χ3v) is 4.53. The molecule has 0 saturated carbocycles. The molecule has 1 aromatic carbocycles. The molecule has 0 bridgehead atoms. The molecule has 0 aliphatic rings. The van der Waals surface area contributed by atoms with Gasteiger partial charge in [0.1, 0.15) is 5.03 Å². The van der Waals surface area contributed by atoms with Crippen LogP contribution in [-0.2, 0) is 0 Å². The van der Waals surface area contributed by atoms with E-state index in [-0.39, 0.29) is 0 Å². The Morgan fingerprint density at radius 1 is 1.28 bits per heavy atom. The van der Waals surface area contributed by atoms with E-state index < -0.39 is 5.82 Å². The van der Waals surface area contributed by atoms with Crippen molar-refractivity contribution in [2.24, 2.45) is 0 Å². The molecule has 0 aliphatic heterocycles. The van der Waals surface area contributed by atoms with Gasteiger partial charge in [0.2, 0.25) is 0 Å². The summed E-state index contributed by atoms with van der Waals surface area (Å²) in [6, 6.07) is 9.06. The first-order valence-corrected chi connectivity index (χ1v) is 7.08. The molecule has 6 heteroatoms. The number of fused-ring (bicyclic) bond motifs is 1. The van der Waals surface area contributed by atoms with Gasteiger partial charge in [0.05, 0.1) is 15.2 Å². The van der Waals surface area contributed by atoms with Crippen molar-refractivity contribution in [1.29, 1.82) is 0 Å². The van der Waals surface area contributed by atoms with Crippen LogP contribution in [0.5, 0.6) is 0 Å². The fourth-order valence-electron chi connectivity index (χ4n) is 1.45. The lowest BCUT2D eigenvalue weighted by Crippen LogP contribution is -1.85. The Bertz CT molecular complexity index is 681. The Hall–Kier alpha value is -1.17. The number of hydrogen-bond donors (Lipinski definition) is 0. The molecule has 0 amide bonds. The minimum atomic E-state index is -0.424. The summed E-state index contributed by atoms with van der Waals surface area (Å²) in [5.41, 5.74) is 0.916. The van der Waals surface area contributed by atoms with Crippen molar-refractivity contribution >= 4 is 44.9 Å². The summed E-state index contributed by atoms with van der Waals surface area (Å²) in [4.78, 5) is 8.38. The molecule has 0 unspecified atom stereocenters. The molecule has 3 aromatic rings. The highest BCUT2D eigenvalue weighted by molar-refractivity contribution is 8.01. The van der Waals surface area contributed by atoms with Crippen molar-refractivity contribution in [2.75, 3.05) is 0 Å². The van der Waals surface area contributed by atoms with Gasteiger partial charge in [-0.3, -0.25) is 0 Å². The average Bonchev–Trinajstić information content (AvgIpc) is 2.75. The molecule has 0 N–H and O–H groups in total. The number of rotatable bonds is 2. The minimum Gasteiger partial charge on any atom is -0.245 e. The highest BCUT2D eigenvalue weighted by atomic mass is 35.5. The van der Waals surface area contributed by atoms with E-state index in [2.05, 4.69) is 9.97 Å². The van der Waals surface area contributed by atoms with E-state index in [0.717, 1.165) is 14.6 Å². The molecule has 0 atom stereocenters. The summed E-state index contributed by atoms with van der Waals surface area (Å²) in [6.07, 6.45) is 1.43. The summed E-state index contributed by atoms with van der Waals surface area (Å²) in [6.45, 7) is 0. The molecule has 2 nitrogen and oxygen atoms in total. The smallest absolute Gasteiger partial charge is 0.157 e. The summed E-state index contributed by atoms with van der Waals surface area (Å²) in [7, 11) is 0. The number of benzene rings is 1. The average molecular weight is 297 g/mol. The van der Waals surface area contributed by atoms with E-state index in [9.17, 15) is 4.39 Å². The van der Waals surface area contributed by atoms with E-state index in [0.29, 0.717) is 10.0 Å². The van der Waals surface area contributed by atoms with Gasteiger partial charge in [-0.1, -0.05) is 23.7 Å². The maximum atomic E-state index is 13.6. The Morgan fingerprint density at radius 3 is 2.89 bits per heavy atom. The van der Waals surface area contributed by atoms with Gasteiger partial charge in [-0.05, 0) is 30.0 Å². The molecule has 0 radical (unpaired) electrons. The van der Waals surface area contributed by atoms with Crippen LogP contribution in [0.1, 0.15) is 0 Å². The van der Waals surface area contributed by atoms with Crippen LogP contribution in [0.15, 0.2) is 45.9 Å². The van der Waals surface area contributed by atoms with Gasteiger partial charge >= 0.3 is 0 Å². The lowest BCUT2D eigenvalue weighted by molar-refractivity contribution is 0.588. The van der Waals surface area contributed by atoms with E-state index >= 15 is 0 Å². The maximum absolute atomic E-state index is 13.6. The number of para-hydroxylation sites is 1. The molecule has 2 aromatic heterocycles. The third kappa shape index (κ3) is 2.34. The van der Waals surface area contributed by atoms with E-state index in [1.807, 2.05) is 24.3 Å². The highest BCUT2D eigenvalue weighted by Crippen LogP contribution is 2.34. The van der Waals surface area contributed by atoms with Gasteiger partial charge in [-0.25, -0.2) is 14.4 Å². The maximum Gasteiger partial charge on any atom is 0.157 e. The van der Waals surface area contributed by atoms with Crippen molar-refractivity contribution in [1.82, 2.24) is 9.97 Å². The molecular formula is C12H6ClFN2S2. The number of hydrogen-bond acceptors (Lipinski definition) is 4. The van der Waals surface area contributed by atoms with Gasteiger partial charge < -0.3 is 0 Å². The van der Waals surface area contributed by atoms with Gasteiger partial charge in [0, 0.05) is 6.20 Å². The molecule has 2 heterocycles. The van der Waals surface area contributed by atoms with Crippen molar-refractivity contribution in [3.8, 4) is 0 Å². The number of aromatic nitrogens is 2. The molecular weight excluding hydrogens is 291 g/mol. The van der Waals surface area contributed by atoms with Crippen LogP contribution in [0.25, 0.3) is 10.2 Å². The zero-order valence-corrected chi connectivity index (χ0v) is 11.3. The largest absolute Gasteiger partial charge is 0.245 e. The second-order valence-corrected chi connectivity index (χ2v) is 6.19. The first-order chi connectivity index (χ1) is 8.72. The molecule has 0 aliphatic carbocycles. The predicted molar refractivity (Wildman–Crippen MR) is 72.9 cm³/mol. The second-order valence-electron chi connectivity index (χ2n) is 3.49. The Morgan fingerprint density at radius 2 is 2.11 bits per heavy atom. The van der Waals surface area contributed by atoms with Crippen molar-refractivity contribution in [3.05, 3.63) is 47.4 Å². The lowest BCUT2D eigenvalue weighted by Gasteiger charge is -1.98. The Kier molecular flexibility index (Phi) is 3.20. The summed E-state index contributed by atoms with van der Waals surface area (Å²) < 4.78 is 15.4. The molecule has 18 heavy (non-hydrogen) atoms. The fraction of sp³-hybridized carbons (Fsp3) is 0. The second kappa shape index (κ2) is 4.84. The van der Waals surface area contributed by atoms with Crippen molar-refractivity contribution in [2.45, 2.75) is 9.37 Å². The van der Waals surface area contributed by atoms with Crippen LogP contribution in [0.4, 0.5) is 4.39 Å². The summed E-state index contributed by atoms with van der Waals surface area (Å²) >= 11 is 8.39. The number of nitrogens with zero attached hydrogens (tertiary/aromatic N) is 2. The number of pyridine rings is 1. The van der Waals surface area contributed by atoms with Gasteiger partial charge in [0.15, 0.2) is 10.2 Å². The van der Waals surface area contributed by atoms with Crippen LogP contribution < -0.4 is 0 Å². The van der Waals surface area contributed by atoms with Gasteiger partial charge in [-0.2, -0.15) is 0 Å². The van der Waals surface area contributed by atoms with Crippen molar-refractivity contribution < 1.29 is 4.39 Å². The zero-order valence-electron chi connectivity index (χ0n) is 8.93. The topological polar surface area (TPSA) is 25.8 Å². The molecule has 3 rings (SSSR count). The van der Waals surface area contributed by atoms with Crippen LogP contribution in [0.2, 0.25) is 5.02 Å². The fourth-order valence-corrected chi connectivity index (χ4v) is 3.54. The highest BCUT2D eigenvalue weighted by Gasteiger charge is 2.10. The first kappa shape index (κ1) is 11.9. The third-order valence-electron chi connectivity index (χ3n) is 2.23. The minimum absolute atomic E-state index is 0.290. The molecule has 0 spiro atoms. The monoisotopic (exact) mass is 296 g/mol. The lowest BCUT2D eigenvalue weighted by atomic mass is 10.3. The Balaban J connectivity index is 1.96. The van der Waals surface area contributed by atoms with Crippen molar-refractivity contribution in [3.63, 3.8) is 0 Å². The standard InChI is InChI=1S/C12H6ClFN2S2/c13-7-5-8(14)11(15-6-7)18-12-16-9-3-1-2-4-10(9)17-12/h1-6H. The van der Waals surface area contributed by atoms with Crippen LogP contribution >= 0.6 is 34.7 Å². The molecule has 90 valence electrons. The van der Waals surface area contributed by atoms with E-state index in [1.165, 1.54) is 35.4 Å². The number of thiazole rings is 1. The molecule has 0 fully saturated rings.